The van der Waals surface area contributed by atoms with Crippen LogP contribution in [0.25, 0.3) is 0 Å². The summed E-state index contributed by atoms with van der Waals surface area (Å²) in [5.74, 6) is 2.02. The summed E-state index contributed by atoms with van der Waals surface area (Å²) in [4.78, 5) is 12.4. The van der Waals surface area contributed by atoms with Crippen molar-refractivity contribution in [3.8, 4) is 17.2 Å². The van der Waals surface area contributed by atoms with Crippen molar-refractivity contribution < 1.29 is 19.0 Å². The molecule has 0 bridgehead atoms. The Morgan fingerprint density at radius 1 is 1.04 bits per heavy atom. The maximum Gasteiger partial charge on any atom is 0.244 e. The van der Waals surface area contributed by atoms with Crippen LogP contribution < -0.4 is 20.5 Å². The van der Waals surface area contributed by atoms with Crippen molar-refractivity contribution in [1.29, 1.82) is 0 Å². The first-order valence-electron chi connectivity index (χ1n) is 8.78. The number of ether oxygens (including phenoxy) is 3. The van der Waals surface area contributed by atoms with Gasteiger partial charge in [-0.3, -0.25) is 4.79 Å². The number of halogens is 1. The second-order valence-corrected chi connectivity index (χ2v) is 6.25. The summed E-state index contributed by atoms with van der Waals surface area (Å²) in [5.41, 5.74) is 6.01. The van der Waals surface area contributed by atoms with E-state index in [1.54, 1.807) is 24.3 Å². The molecular weight excluding hydrogens is 368 g/mol. The number of rotatable bonds is 6. The lowest BCUT2D eigenvalue weighted by Gasteiger charge is -2.31. The van der Waals surface area contributed by atoms with Crippen molar-refractivity contribution in [1.82, 2.24) is 0 Å². The Morgan fingerprint density at radius 3 is 2.11 bits per heavy atom. The summed E-state index contributed by atoms with van der Waals surface area (Å²) in [6.07, 6.45) is 1.05. The van der Waals surface area contributed by atoms with Crippen LogP contribution in [0.3, 0.4) is 0 Å². The van der Waals surface area contributed by atoms with E-state index in [1.165, 1.54) is 0 Å². The molecule has 0 aromatic heterocycles. The van der Waals surface area contributed by atoms with Crippen LogP contribution in [-0.4, -0.2) is 31.3 Å². The molecule has 0 atom stereocenters. The van der Waals surface area contributed by atoms with E-state index in [1.807, 2.05) is 31.2 Å². The Balaban J connectivity index is 0.00000261. The van der Waals surface area contributed by atoms with Crippen LogP contribution in [-0.2, 0) is 9.53 Å². The summed E-state index contributed by atoms with van der Waals surface area (Å²) < 4.78 is 16.5. The van der Waals surface area contributed by atoms with E-state index < -0.39 is 5.54 Å². The standard InChI is InChI=1S/C20H24N2O4.ClH/c1-2-25-16-7-9-18(10-8-16)26-17-5-3-15(4-6-17)22-19(23)20(21)11-13-24-14-12-20;/h3-10H,2,11-14,21H2,1H3,(H,22,23);1H. The molecule has 1 aliphatic heterocycles. The second-order valence-electron chi connectivity index (χ2n) is 6.25. The van der Waals surface area contributed by atoms with Gasteiger partial charge in [0.2, 0.25) is 5.91 Å². The van der Waals surface area contributed by atoms with Gasteiger partial charge in [-0.15, -0.1) is 12.4 Å². The number of carbonyl (C=O) groups is 1. The minimum absolute atomic E-state index is 0. The predicted molar refractivity (Wildman–Crippen MR) is 107 cm³/mol. The maximum absolute atomic E-state index is 12.4. The average molecular weight is 393 g/mol. The van der Waals surface area contributed by atoms with Gasteiger partial charge in [0.05, 0.1) is 6.61 Å². The van der Waals surface area contributed by atoms with Crippen LogP contribution in [0.4, 0.5) is 5.69 Å². The van der Waals surface area contributed by atoms with E-state index in [2.05, 4.69) is 5.32 Å². The van der Waals surface area contributed by atoms with Crippen molar-refractivity contribution in [2.24, 2.45) is 5.73 Å². The van der Waals surface area contributed by atoms with Gasteiger partial charge >= 0.3 is 0 Å². The lowest BCUT2D eigenvalue weighted by atomic mass is 9.90. The third-order valence-corrected chi connectivity index (χ3v) is 4.32. The molecule has 3 rings (SSSR count). The summed E-state index contributed by atoms with van der Waals surface area (Å²) in [6.45, 7) is 3.60. The molecule has 0 saturated carbocycles. The SMILES string of the molecule is CCOc1ccc(Oc2ccc(NC(=O)C3(N)CCOCC3)cc2)cc1.Cl. The molecule has 27 heavy (non-hydrogen) atoms. The van der Waals surface area contributed by atoms with E-state index in [0.717, 1.165) is 5.75 Å². The first kappa shape index (κ1) is 21.0. The first-order chi connectivity index (χ1) is 12.6. The quantitative estimate of drug-likeness (QED) is 0.782. The van der Waals surface area contributed by atoms with Crippen LogP contribution in [0.1, 0.15) is 19.8 Å². The molecule has 7 heteroatoms. The molecule has 1 fully saturated rings. The van der Waals surface area contributed by atoms with Crippen LogP contribution >= 0.6 is 12.4 Å². The Kier molecular flexibility index (Phi) is 7.47. The van der Waals surface area contributed by atoms with Crippen molar-refractivity contribution >= 4 is 24.0 Å². The van der Waals surface area contributed by atoms with Gasteiger partial charge in [-0.25, -0.2) is 0 Å². The molecule has 6 nitrogen and oxygen atoms in total. The van der Waals surface area contributed by atoms with Crippen LogP contribution in [0, 0.1) is 0 Å². The van der Waals surface area contributed by atoms with Gasteiger partial charge in [0.15, 0.2) is 0 Å². The number of benzene rings is 2. The zero-order valence-corrected chi connectivity index (χ0v) is 16.1. The third-order valence-electron chi connectivity index (χ3n) is 4.32. The summed E-state index contributed by atoms with van der Waals surface area (Å²) in [6, 6.07) is 14.6. The first-order valence-corrected chi connectivity index (χ1v) is 8.78. The monoisotopic (exact) mass is 392 g/mol. The second kappa shape index (κ2) is 9.60. The van der Waals surface area contributed by atoms with Crippen molar-refractivity contribution in [2.45, 2.75) is 25.3 Å². The smallest absolute Gasteiger partial charge is 0.244 e. The molecule has 1 saturated heterocycles. The Bertz CT molecular complexity index is 729. The fourth-order valence-corrected chi connectivity index (χ4v) is 2.73. The highest BCUT2D eigenvalue weighted by Gasteiger charge is 2.35. The molecule has 0 unspecified atom stereocenters. The van der Waals surface area contributed by atoms with Gasteiger partial charge in [0.25, 0.3) is 0 Å². The number of amides is 1. The van der Waals surface area contributed by atoms with Gasteiger partial charge in [-0.1, -0.05) is 0 Å². The van der Waals surface area contributed by atoms with Crippen LogP contribution in [0.15, 0.2) is 48.5 Å². The number of nitrogens with one attached hydrogen (secondary N) is 1. The summed E-state index contributed by atoms with van der Waals surface area (Å²) in [7, 11) is 0. The molecule has 146 valence electrons. The molecule has 1 aliphatic rings. The van der Waals surface area contributed by atoms with Gasteiger partial charge < -0.3 is 25.3 Å². The van der Waals surface area contributed by atoms with Gasteiger partial charge in [-0.05, 0) is 68.3 Å². The molecule has 1 amide bonds. The minimum atomic E-state index is -0.865. The summed E-state index contributed by atoms with van der Waals surface area (Å²) in [5, 5.41) is 2.87. The highest BCUT2D eigenvalue weighted by molar-refractivity contribution is 5.98. The number of anilines is 1. The number of carbonyl (C=O) groups excluding carboxylic acids is 1. The Hall–Kier alpha value is -2.28. The zero-order valence-electron chi connectivity index (χ0n) is 15.3. The third kappa shape index (κ3) is 5.60. The van der Waals surface area contributed by atoms with Crippen molar-refractivity contribution in [3.05, 3.63) is 48.5 Å². The fourth-order valence-electron chi connectivity index (χ4n) is 2.73. The van der Waals surface area contributed by atoms with Crippen molar-refractivity contribution in [2.75, 3.05) is 25.1 Å². The minimum Gasteiger partial charge on any atom is -0.494 e. The fraction of sp³-hybridized carbons (Fsp3) is 0.350. The highest BCUT2D eigenvalue weighted by Crippen LogP contribution is 2.26. The van der Waals surface area contributed by atoms with Gasteiger partial charge in [0, 0.05) is 18.9 Å². The lowest BCUT2D eigenvalue weighted by molar-refractivity contribution is -0.124. The van der Waals surface area contributed by atoms with E-state index in [-0.39, 0.29) is 18.3 Å². The Labute approximate surface area is 165 Å². The van der Waals surface area contributed by atoms with E-state index in [0.29, 0.717) is 49.8 Å². The van der Waals surface area contributed by atoms with E-state index in [4.69, 9.17) is 19.9 Å². The topological polar surface area (TPSA) is 82.8 Å². The molecule has 0 aliphatic carbocycles. The number of hydrogen-bond donors (Lipinski definition) is 2. The van der Waals surface area contributed by atoms with Crippen LogP contribution in [0.5, 0.6) is 17.2 Å². The highest BCUT2D eigenvalue weighted by atomic mass is 35.5. The largest absolute Gasteiger partial charge is 0.494 e. The molecule has 1 heterocycles. The molecular formula is C20H25ClN2O4. The van der Waals surface area contributed by atoms with Crippen LogP contribution in [0.2, 0.25) is 0 Å². The molecule has 0 spiro atoms. The predicted octanol–water partition coefficient (Wildman–Crippen LogP) is 3.75. The lowest BCUT2D eigenvalue weighted by Crippen LogP contribution is -2.54. The number of hydrogen-bond acceptors (Lipinski definition) is 5. The number of nitrogens with two attached hydrogens (primary N) is 1. The molecule has 0 radical (unpaired) electrons. The molecule has 2 aromatic rings. The van der Waals surface area contributed by atoms with E-state index >= 15 is 0 Å². The zero-order chi connectivity index (χ0) is 18.4. The van der Waals surface area contributed by atoms with E-state index in [9.17, 15) is 4.79 Å². The molecule has 3 N–H and O–H groups in total. The normalized spacial score (nSPS) is 15.3. The van der Waals surface area contributed by atoms with Crippen molar-refractivity contribution in [3.63, 3.8) is 0 Å². The Morgan fingerprint density at radius 2 is 1.56 bits per heavy atom. The summed E-state index contributed by atoms with van der Waals surface area (Å²) >= 11 is 0. The van der Waals surface area contributed by atoms with Gasteiger partial charge in [0.1, 0.15) is 22.8 Å². The molecule has 2 aromatic carbocycles. The maximum atomic E-state index is 12.4. The average Bonchev–Trinajstić information content (AvgIpc) is 2.66. The van der Waals surface area contributed by atoms with Gasteiger partial charge in [-0.2, -0.15) is 0 Å².